The Kier molecular flexibility index (Phi) is 4.93. The van der Waals surface area contributed by atoms with Crippen LogP contribution in [0.4, 0.5) is 5.69 Å². The van der Waals surface area contributed by atoms with Gasteiger partial charge in [-0.1, -0.05) is 30.3 Å². The van der Waals surface area contributed by atoms with Gasteiger partial charge in [0.05, 0.1) is 23.1 Å². The minimum absolute atomic E-state index is 0.0959. The molecule has 0 aliphatic rings. The molecule has 4 nitrogen and oxygen atoms in total. The third kappa shape index (κ3) is 4.31. The van der Waals surface area contributed by atoms with Crippen LogP contribution < -0.4 is 11.1 Å². The molecule has 0 saturated carbocycles. The Labute approximate surface area is 125 Å². The highest BCUT2D eigenvalue weighted by Gasteiger charge is 2.13. The molecule has 0 fully saturated rings. The summed E-state index contributed by atoms with van der Waals surface area (Å²) >= 11 is 0. The van der Waals surface area contributed by atoms with Gasteiger partial charge in [0.2, 0.25) is 0 Å². The molecule has 21 heavy (non-hydrogen) atoms. The third-order valence-corrected chi connectivity index (χ3v) is 3.44. The van der Waals surface area contributed by atoms with Crippen LogP contribution in [0.2, 0.25) is 0 Å². The first kappa shape index (κ1) is 15.0. The number of benzene rings is 1. The number of hydrogen-bond donors (Lipinski definition) is 2. The molecule has 0 bridgehead atoms. The van der Waals surface area contributed by atoms with Gasteiger partial charge in [0.15, 0.2) is 0 Å². The zero-order chi connectivity index (χ0) is 15.2. The number of nitrogens with one attached hydrogen (secondary N) is 1. The fourth-order valence-corrected chi connectivity index (χ4v) is 2.18. The lowest BCUT2D eigenvalue weighted by Crippen LogP contribution is -2.33. The van der Waals surface area contributed by atoms with E-state index in [-0.39, 0.29) is 11.9 Å². The molecule has 1 heterocycles. The van der Waals surface area contributed by atoms with Crippen molar-refractivity contribution in [2.75, 3.05) is 5.73 Å². The number of nitrogens with two attached hydrogens (primary N) is 1. The monoisotopic (exact) mass is 283 g/mol. The van der Waals surface area contributed by atoms with Crippen LogP contribution in [0.3, 0.4) is 0 Å². The van der Waals surface area contributed by atoms with Crippen molar-refractivity contribution >= 4 is 11.6 Å². The Morgan fingerprint density at radius 3 is 2.76 bits per heavy atom. The molecule has 2 aromatic rings. The quantitative estimate of drug-likeness (QED) is 0.886. The smallest absolute Gasteiger partial charge is 0.253 e. The van der Waals surface area contributed by atoms with Crippen molar-refractivity contribution < 1.29 is 4.79 Å². The van der Waals surface area contributed by atoms with Gasteiger partial charge < -0.3 is 11.1 Å². The van der Waals surface area contributed by atoms with Crippen molar-refractivity contribution in [3.8, 4) is 0 Å². The van der Waals surface area contributed by atoms with Crippen LogP contribution in [0.15, 0.2) is 42.6 Å². The molecule has 1 atom stereocenters. The normalized spacial score (nSPS) is 11.9. The van der Waals surface area contributed by atoms with E-state index in [4.69, 9.17) is 5.73 Å². The first-order valence-electron chi connectivity index (χ1n) is 7.13. The number of rotatable bonds is 5. The second kappa shape index (κ2) is 6.88. The minimum atomic E-state index is -0.118. The SMILES string of the molecule is Cc1ncc(N)cc1C(=O)NC(C)CCc1ccccc1. The van der Waals surface area contributed by atoms with Crippen LogP contribution in [0.5, 0.6) is 0 Å². The van der Waals surface area contributed by atoms with Gasteiger partial charge in [0.25, 0.3) is 5.91 Å². The maximum absolute atomic E-state index is 12.2. The zero-order valence-electron chi connectivity index (χ0n) is 12.5. The predicted octanol–water partition coefficient (Wildman–Crippen LogP) is 2.72. The largest absolute Gasteiger partial charge is 0.397 e. The number of amides is 1. The maximum Gasteiger partial charge on any atom is 0.253 e. The number of aryl methyl sites for hydroxylation is 2. The minimum Gasteiger partial charge on any atom is -0.397 e. The molecule has 110 valence electrons. The standard InChI is InChI=1S/C17H21N3O/c1-12(8-9-14-6-4-3-5-7-14)20-17(21)16-10-15(18)11-19-13(16)2/h3-7,10-12H,8-9,18H2,1-2H3,(H,20,21). The average molecular weight is 283 g/mol. The van der Waals surface area contributed by atoms with Gasteiger partial charge in [-0.3, -0.25) is 9.78 Å². The first-order chi connectivity index (χ1) is 10.1. The second-order valence-electron chi connectivity index (χ2n) is 5.30. The first-order valence-corrected chi connectivity index (χ1v) is 7.13. The van der Waals surface area contributed by atoms with Crippen molar-refractivity contribution in [2.24, 2.45) is 0 Å². The summed E-state index contributed by atoms with van der Waals surface area (Å²) in [5, 5.41) is 3.00. The van der Waals surface area contributed by atoms with Gasteiger partial charge in [0, 0.05) is 6.04 Å². The van der Waals surface area contributed by atoms with E-state index in [9.17, 15) is 4.79 Å². The van der Waals surface area contributed by atoms with Gasteiger partial charge in [-0.25, -0.2) is 0 Å². The van der Waals surface area contributed by atoms with Crippen LogP contribution in [0.1, 0.15) is 35.0 Å². The van der Waals surface area contributed by atoms with E-state index in [1.54, 1.807) is 12.3 Å². The molecule has 0 aliphatic carbocycles. The summed E-state index contributed by atoms with van der Waals surface area (Å²) in [6.45, 7) is 3.82. The highest BCUT2D eigenvalue weighted by Crippen LogP contribution is 2.10. The Morgan fingerprint density at radius 1 is 1.33 bits per heavy atom. The molecule has 0 aliphatic heterocycles. The van der Waals surface area contributed by atoms with Crippen molar-refractivity contribution in [3.63, 3.8) is 0 Å². The summed E-state index contributed by atoms with van der Waals surface area (Å²) < 4.78 is 0. The molecule has 1 unspecified atom stereocenters. The lowest BCUT2D eigenvalue weighted by Gasteiger charge is -2.15. The van der Waals surface area contributed by atoms with Crippen LogP contribution >= 0.6 is 0 Å². The number of anilines is 1. The Hall–Kier alpha value is -2.36. The molecule has 2 rings (SSSR count). The Balaban J connectivity index is 1.91. The average Bonchev–Trinajstić information content (AvgIpc) is 2.48. The van der Waals surface area contributed by atoms with Crippen molar-refractivity contribution in [2.45, 2.75) is 32.7 Å². The van der Waals surface area contributed by atoms with Gasteiger partial charge >= 0.3 is 0 Å². The summed E-state index contributed by atoms with van der Waals surface area (Å²) in [7, 11) is 0. The molecular formula is C17H21N3O. The summed E-state index contributed by atoms with van der Waals surface area (Å²) in [6, 6.07) is 12.0. The van der Waals surface area contributed by atoms with Crippen LogP contribution in [0, 0.1) is 6.92 Å². The molecule has 0 radical (unpaired) electrons. The fraction of sp³-hybridized carbons (Fsp3) is 0.294. The zero-order valence-corrected chi connectivity index (χ0v) is 12.5. The third-order valence-electron chi connectivity index (χ3n) is 3.44. The molecule has 4 heteroatoms. The highest BCUT2D eigenvalue weighted by molar-refractivity contribution is 5.96. The highest BCUT2D eigenvalue weighted by atomic mass is 16.1. The number of nitrogens with zero attached hydrogens (tertiary/aromatic N) is 1. The van der Waals surface area contributed by atoms with Crippen molar-refractivity contribution in [1.29, 1.82) is 0 Å². The molecular weight excluding hydrogens is 262 g/mol. The molecule has 3 N–H and O–H groups in total. The molecule has 1 aromatic carbocycles. The van der Waals surface area contributed by atoms with E-state index in [0.29, 0.717) is 16.9 Å². The van der Waals surface area contributed by atoms with Crippen molar-refractivity contribution in [1.82, 2.24) is 10.3 Å². The number of hydrogen-bond acceptors (Lipinski definition) is 3. The number of aromatic nitrogens is 1. The molecule has 1 amide bonds. The van der Waals surface area contributed by atoms with E-state index in [2.05, 4.69) is 22.4 Å². The van der Waals surface area contributed by atoms with Crippen LogP contribution in [-0.4, -0.2) is 16.9 Å². The molecule has 0 spiro atoms. The number of carbonyl (C=O) groups excluding carboxylic acids is 1. The van der Waals surface area contributed by atoms with Gasteiger partial charge in [-0.2, -0.15) is 0 Å². The van der Waals surface area contributed by atoms with E-state index in [0.717, 1.165) is 12.8 Å². The lowest BCUT2D eigenvalue weighted by molar-refractivity contribution is 0.0937. The predicted molar refractivity (Wildman–Crippen MR) is 85.1 cm³/mol. The van der Waals surface area contributed by atoms with E-state index < -0.39 is 0 Å². The fourth-order valence-electron chi connectivity index (χ4n) is 2.18. The Bertz CT molecular complexity index is 611. The van der Waals surface area contributed by atoms with Gasteiger partial charge in [0.1, 0.15) is 0 Å². The summed E-state index contributed by atoms with van der Waals surface area (Å²) in [5.41, 5.74) is 8.70. The van der Waals surface area contributed by atoms with Gasteiger partial charge in [-0.05, 0) is 38.3 Å². The summed E-state index contributed by atoms with van der Waals surface area (Å²) in [5.74, 6) is -0.118. The summed E-state index contributed by atoms with van der Waals surface area (Å²) in [6.07, 6.45) is 3.39. The Morgan fingerprint density at radius 2 is 2.05 bits per heavy atom. The van der Waals surface area contributed by atoms with E-state index >= 15 is 0 Å². The van der Waals surface area contributed by atoms with Crippen molar-refractivity contribution in [3.05, 3.63) is 59.4 Å². The van der Waals surface area contributed by atoms with Crippen LogP contribution in [0.25, 0.3) is 0 Å². The number of pyridine rings is 1. The van der Waals surface area contributed by atoms with E-state index in [1.165, 1.54) is 5.56 Å². The number of carbonyl (C=O) groups is 1. The topological polar surface area (TPSA) is 68.0 Å². The maximum atomic E-state index is 12.2. The molecule has 1 aromatic heterocycles. The lowest BCUT2D eigenvalue weighted by atomic mass is 10.1. The van der Waals surface area contributed by atoms with E-state index in [1.807, 2.05) is 32.0 Å². The van der Waals surface area contributed by atoms with Gasteiger partial charge in [-0.15, -0.1) is 0 Å². The summed E-state index contributed by atoms with van der Waals surface area (Å²) in [4.78, 5) is 16.3. The molecule has 0 saturated heterocycles. The number of nitrogen functional groups attached to an aromatic ring is 1. The second-order valence-corrected chi connectivity index (χ2v) is 5.30. The van der Waals surface area contributed by atoms with Crippen LogP contribution in [-0.2, 0) is 6.42 Å².